The summed E-state index contributed by atoms with van der Waals surface area (Å²) in [6.45, 7) is 6.83. The first kappa shape index (κ1) is 13.5. The van der Waals surface area contributed by atoms with E-state index in [1.54, 1.807) is 0 Å². The maximum atomic E-state index is 5.34. The summed E-state index contributed by atoms with van der Waals surface area (Å²) in [4.78, 5) is 4.50. The van der Waals surface area contributed by atoms with Gasteiger partial charge in [-0.3, -0.25) is 0 Å². The van der Waals surface area contributed by atoms with Crippen molar-refractivity contribution in [3.63, 3.8) is 0 Å². The molecule has 0 aromatic carbocycles. The summed E-state index contributed by atoms with van der Waals surface area (Å²) in [6, 6.07) is 0.438. The van der Waals surface area contributed by atoms with E-state index in [-0.39, 0.29) is 0 Å². The number of likely N-dealkylation sites (N-methyl/N-ethyl adjacent to an activating group) is 1. The molecule has 102 valence electrons. The number of hydrogen-bond donors (Lipinski definition) is 1. The molecule has 0 aliphatic carbocycles. The van der Waals surface area contributed by atoms with Gasteiger partial charge >= 0.3 is 0 Å². The highest BCUT2D eigenvalue weighted by Crippen LogP contribution is 2.22. The lowest BCUT2D eigenvalue weighted by molar-refractivity contribution is 0.192. The van der Waals surface area contributed by atoms with E-state index in [2.05, 4.69) is 29.3 Å². The van der Waals surface area contributed by atoms with Crippen LogP contribution in [0.2, 0.25) is 0 Å². The highest BCUT2D eigenvalue weighted by Gasteiger charge is 2.23. The fraction of sp³-hybridized carbons (Fsp3) is 0.846. The molecule has 2 atom stereocenters. The van der Waals surface area contributed by atoms with Gasteiger partial charge < -0.3 is 14.6 Å². The van der Waals surface area contributed by atoms with Gasteiger partial charge in [-0.1, -0.05) is 25.4 Å². The molecular formula is C13H23N3O2. The van der Waals surface area contributed by atoms with E-state index in [9.17, 15) is 0 Å². The SMILES string of the molecule is CCCC(Cc1nc(C2CCOC2)no1)NCC. The molecule has 5 heteroatoms. The predicted octanol–water partition coefficient (Wildman–Crippen LogP) is 1.89. The van der Waals surface area contributed by atoms with Crippen LogP contribution in [0.15, 0.2) is 4.52 Å². The average molecular weight is 253 g/mol. The van der Waals surface area contributed by atoms with E-state index >= 15 is 0 Å². The van der Waals surface area contributed by atoms with Gasteiger partial charge in [-0.25, -0.2) is 0 Å². The van der Waals surface area contributed by atoms with Crippen molar-refractivity contribution in [2.75, 3.05) is 19.8 Å². The van der Waals surface area contributed by atoms with Crippen LogP contribution in [0, 0.1) is 0 Å². The summed E-state index contributed by atoms with van der Waals surface area (Å²) in [7, 11) is 0. The Morgan fingerprint density at radius 1 is 1.44 bits per heavy atom. The van der Waals surface area contributed by atoms with Gasteiger partial charge in [0.1, 0.15) is 0 Å². The Hall–Kier alpha value is -0.940. The van der Waals surface area contributed by atoms with Gasteiger partial charge in [0.05, 0.1) is 6.61 Å². The maximum Gasteiger partial charge on any atom is 0.228 e. The third kappa shape index (κ3) is 3.53. The van der Waals surface area contributed by atoms with E-state index < -0.39 is 0 Å². The molecule has 1 aromatic rings. The van der Waals surface area contributed by atoms with Gasteiger partial charge in [0.25, 0.3) is 0 Å². The minimum absolute atomic E-state index is 0.325. The number of nitrogens with one attached hydrogen (secondary N) is 1. The second-order valence-electron chi connectivity index (χ2n) is 4.85. The lowest BCUT2D eigenvalue weighted by atomic mass is 10.1. The van der Waals surface area contributed by atoms with E-state index in [4.69, 9.17) is 9.26 Å². The van der Waals surface area contributed by atoms with Crippen LogP contribution in [0.3, 0.4) is 0 Å². The smallest absolute Gasteiger partial charge is 0.228 e. The number of rotatable bonds is 7. The number of aromatic nitrogens is 2. The van der Waals surface area contributed by atoms with Gasteiger partial charge in [0.2, 0.25) is 5.89 Å². The molecule has 0 radical (unpaired) electrons. The molecule has 1 fully saturated rings. The Morgan fingerprint density at radius 3 is 3.00 bits per heavy atom. The van der Waals surface area contributed by atoms with E-state index in [0.717, 1.165) is 57.2 Å². The van der Waals surface area contributed by atoms with Crippen molar-refractivity contribution in [2.45, 2.75) is 51.5 Å². The zero-order chi connectivity index (χ0) is 12.8. The van der Waals surface area contributed by atoms with Crippen molar-refractivity contribution in [3.8, 4) is 0 Å². The molecule has 1 N–H and O–H groups in total. The monoisotopic (exact) mass is 253 g/mol. The molecule has 1 aromatic heterocycles. The van der Waals surface area contributed by atoms with Gasteiger partial charge in [0, 0.05) is 25.0 Å². The molecule has 2 heterocycles. The van der Waals surface area contributed by atoms with E-state index in [1.807, 2.05) is 0 Å². The van der Waals surface area contributed by atoms with Crippen molar-refractivity contribution in [1.82, 2.24) is 15.5 Å². The molecule has 1 aliphatic rings. The lowest BCUT2D eigenvalue weighted by Crippen LogP contribution is -2.30. The minimum Gasteiger partial charge on any atom is -0.381 e. The third-order valence-electron chi connectivity index (χ3n) is 3.33. The fourth-order valence-electron chi connectivity index (χ4n) is 2.38. The topological polar surface area (TPSA) is 60.2 Å². The lowest BCUT2D eigenvalue weighted by Gasteiger charge is -2.14. The molecule has 2 rings (SSSR count). The van der Waals surface area contributed by atoms with Crippen molar-refractivity contribution < 1.29 is 9.26 Å². The molecule has 0 amide bonds. The van der Waals surface area contributed by atoms with Crippen LogP contribution < -0.4 is 5.32 Å². The van der Waals surface area contributed by atoms with Crippen molar-refractivity contribution in [1.29, 1.82) is 0 Å². The number of nitrogens with zero attached hydrogens (tertiary/aromatic N) is 2. The Balaban J connectivity index is 1.91. The van der Waals surface area contributed by atoms with Crippen LogP contribution in [0.5, 0.6) is 0 Å². The second-order valence-corrected chi connectivity index (χ2v) is 4.85. The summed E-state index contributed by atoms with van der Waals surface area (Å²) in [6.07, 6.45) is 4.13. The van der Waals surface area contributed by atoms with Crippen LogP contribution in [-0.4, -0.2) is 35.9 Å². The second kappa shape index (κ2) is 6.85. The van der Waals surface area contributed by atoms with Crippen LogP contribution >= 0.6 is 0 Å². The van der Waals surface area contributed by atoms with Crippen LogP contribution in [0.4, 0.5) is 0 Å². The summed E-state index contributed by atoms with van der Waals surface area (Å²) >= 11 is 0. The first-order chi connectivity index (χ1) is 8.83. The highest BCUT2D eigenvalue weighted by atomic mass is 16.5. The molecule has 0 saturated carbocycles. The van der Waals surface area contributed by atoms with Crippen molar-refractivity contribution >= 4 is 0 Å². The van der Waals surface area contributed by atoms with E-state index in [0.29, 0.717) is 12.0 Å². The van der Waals surface area contributed by atoms with Gasteiger partial charge in [-0.15, -0.1) is 0 Å². The van der Waals surface area contributed by atoms with Crippen LogP contribution in [0.1, 0.15) is 50.7 Å². The Bertz CT molecular complexity index is 342. The highest BCUT2D eigenvalue weighted by molar-refractivity contribution is 4.98. The van der Waals surface area contributed by atoms with Crippen molar-refractivity contribution in [3.05, 3.63) is 11.7 Å². The zero-order valence-corrected chi connectivity index (χ0v) is 11.3. The largest absolute Gasteiger partial charge is 0.381 e. The molecule has 0 spiro atoms. The molecule has 1 aliphatic heterocycles. The minimum atomic E-state index is 0.325. The molecule has 0 bridgehead atoms. The predicted molar refractivity (Wildman–Crippen MR) is 68.6 cm³/mol. The standard InChI is InChI=1S/C13H23N3O2/c1-3-5-11(14-4-2)8-12-15-13(16-18-12)10-6-7-17-9-10/h10-11,14H,3-9H2,1-2H3. The van der Waals surface area contributed by atoms with Gasteiger partial charge in [-0.2, -0.15) is 4.98 Å². The fourth-order valence-corrected chi connectivity index (χ4v) is 2.38. The summed E-state index contributed by atoms with van der Waals surface area (Å²) in [5.74, 6) is 1.89. The first-order valence-electron chi connectivity index (χ1n) is 6.97. The normalized spacial score (nSPS) is 21.3. The van der Waals surface area contributed by atoms with Gasteiger partial charge in [-0.05, 0) is 19.4 Å². The van der Waals surface area contributed by atoms with E-state index in [1.165, 1.54) is 0 Å². The Morgan fingerprint density at radius 2 is 2.33 bits per heavy atom. The maximum absolute atomic E-state index is 5.34. The van der Waals surface area contributed by atoms with Crippen molar-refractivity contribution in [2.24, 2.45) is 0 Å². The molecule has 18 heavy (non-hydrogen) atoms. The summed E-state index contributed by atoms with van der Waals surface area (Å²) in [5, 5.41) is 7.54. The van der Waals surface area contributed by atoms with Crippen LogP contribution in [-0.2, 0) is 11.2 Å². The van der Waals surface area contributed by atoms with Crippen LogP contribution in [0.25, 0.3) is 0 Å². The molecule has 5 nitrogen and oxygen atoms in total. The first-order valence-corrected chi connectivity index (χ1v) is 6.97. The zero-order valence-electron chi connectivity index (χ0n) is 11.3. The molecular weight excluding hydrogens is 230 g/mol. The number of hydrogen-bond acceptors (Lipinski definition) is 5. The molecule has 1 saturated heterocycles. The Labute approximate surface area is 108 Å². The quantitative estimate of drug-likeness (QED) is 0.804. The molecule has 2 unspecified atom stereocenters. The Kier molecular flexibility index (Phi) is 5.13. The summed E-state index contributed by atoms with van der Waals surface area (Å²) in [5.41, 5.74) is 0. The third-order valence-corrected chi connectivity index (χ3v) is 3.33. The average Bonchev–Trinajstić information content (AvgIpc) is 2.98. The summed E-state index contributed by atoms with van der Waals surface area (Å²) < 4.78 is 10.7. The number of ether oxygens (including phenoxy) is 1. The van der Waals surface area contributed by atoms with Gasteiger partial charge in [0.15, 0.2) is 5.82 Å².